The molecule has 36 heavy (non-hydrogen) atoms. The summed E-state index contributed by atoms with van der Waals surface area (Å²) < 4.78 is 44.3. The summed E-state index contributed by atoms with van der Waals surface area (Å²) in [6.07, 6.45) is -0.256. The third kappa shape index (κ3) is 9.67. The molecule has 0 unspecified atom stereocenters. The van der Waals surface area contributed by atoms with Gasteiger partial charge in [0.15, 0.2) is 0 Å². The number of ether oxygens (including phenoxy) is 1. The number of benzene rings is 2. The van der Waals surface area contributed by atoms with Gasteiger partial charge < -0.3 is 15.3 Å². The van der Waals surface area contributed by atoms with Gasteiger partial charge in [-0.05, 0) is 61.6 Å². The lowest BCUT2D eigenvalue weighted by atomic mass is 10.0. The van der Waals surface area contributed by atoms with E-state index in [4.69, 9.17) is 15.3 Å². The van der Waals surface area contributed by atoms with Crippen LogP contribution in [0.1, 0.15) is 36.0 Å². The normalized spacial score (nSPS) is 11.6. The van der Waals surface area contributed by atoms with Gasteiger partial charge in [-0.3, -0.25) is 9.36 Å². The molecule has 3 aromatic rings. The topological polar surface area (TPSA) is 78.8 Å². The van der Waals surface area contributed by atoms with E-state index in [9.17, 15) is 18.0 Å². The minimum atomic E-state index is -4.34. The molecule has 0 saturated heterocycles. The van der Waals surface area contributed by atoms with Crippen LogP contribution in [0.15, 0.2) is 82.9 Å². The number of hydrogen-bond donors (Lipinski definition) is 1. The molecule has 0 bridgehead atoms. The van der Waals surface area contributed by atoms with Crippen molar-refractivity contribution in [1.82, 2.24) is 4.57 Å². The molecule has 0 atom stereocenters. The maximum atomic E-state index is 12.6. The zero-order valence-corrected chi connectivity index (χ0v) is 20.5. The van der Waals surface area contributed by atoms with E-state index in [0.717, 1.165) is 36.2 Å². The van der Waals surface area contributed by atoms with Crippen molar-refractivity contribution in [2.75, 3.05) is 26.9 Å². The van der Waals surface area contributed by atoms with Gasteiger partial charge in [0.05, 0.1) is 11.3 Å². The molecule has 0 fully saturated rings. The molecule has 2 N–H and O–H groups in total. The fraction of sp³-hybridized carbons (Fsp3) is 0.333. The Bertz CT molecular complexity index is 1130. The van der Waals surface area contributed by atoms with Crippen LogP contribution in [0.3, 0.4) is 0 Å². The molecule has 1 heterocycles. The van der Waals surface area contributed by atoms with E-state index >= 15 is 0 Å². The van der Waals surface area contributed by atoms with Gasteiger partial charge in [0.25, 0.3) is 5.56 Å². The van der Waals surface area contributed by atoms with Gasteiger partial charge in [0, 0.05) is 38.2 Å². The number of aromatic nitrogens is 1. The second-order valence-corrected chi connectivity index (χ2v) is 7.94. The quantitative estimate of drug-likeness (QED) is 0.230. The maximum absolute atomic E-state index is 12.6. The summed E-state index contributed by atoms with van der Waals surface area (Å²) in [7, 11) is 1.62. The summed E-state index contributed by atoms with van der Waals surface area (Å²) in [5, 5.41) is 3.99. The Kier molecular flexibility index (Phi) is 11.9. The largest absolute Gasteiger partial charge is 0.416 e. The first kappa shape index (κ1) is 28.8. The lowest BCUT2D eigenvalue weighted by Gasteiger charge is -2.10. The molecular formula is C27H32F3N3O3. The molecule has 3 rings (SSSR count). The molecule has 6 nitrogen and oxygen atoms in total. The van der Waals surface area contributed by atoms with Gasteiger partial charge in [-0.1, -0.05) is 41.6 Å². The van der Waals surface area contributed by atoms with E-state index in [1.54, 1.807) is 17.7 Å². The Morgan fingerprint density at radius 1 is 0.972 bits per heavy atom. The number of alkyl halides is 3. The molecule has 2 aromatic carbocycles. The standard InChI is InChI=1S/C15H21F3N2O2.C12H11NO/c1-21-10-3-2-4-14(20-22-11-9-19)12-5-7-13(8-6-12)15(16,17)18;1-10-7-8-12(14)13(9-10)11-5-3-2-4-6-11/h5-8H,2-4,9-11,19H2,1H3;2-9H,1H3/b20-14+;. The summed E-state index contributed by atoms with van der Waals surface area (Å²) in [5.41, 5.74) is 7.85. The van der Waals surface area contributed by atoms with Gasteiger partial charge >= 0.3 is 6.18 Å². The predicted octanol–water partition coefficient (Wildman–Crippen LogP) is 5.35. The molecule has 0 amide bonds. The molecule has 0 aliphatic rings. The monoisotopic (exact) mass is 503 g/mol. The minimum Gasteiger partial charge on any atom is -0.394 e. The fourth-order valence-electron chi connectivity index (χ4n) is 3.19. The van der Waals surface area contributed by atoms with Crippen LogP contribution in [0.25, 0.3) is 5.69 Å². The van der Waals surface area contributed by atoms with Crippen LogP contribution in [0, 0.1) is 6.92 Å². The van der Waals surface area contributed by atoms with Gasteiger partial charge in [-0.2, -0.15) is 13.2 Å². The number of hydrogen-bond acceptors (Lipinski definition) is 5. The van der Waals surface area contributed by atoms with Crippen molar-refractivity contribution >= 4 is 5.71 Å². The van der Waals surface area contributed by atoms with Crippen LogP contribution in [0.4, 0.5) is 13.2 Å². The van der Waals surface area contributed by atoms with Crippen LogP contribution < -0.4 is 11.3 Å². The Morgan fingerprint density at radius 3 is 2.28 bits per heavy atom. The first-order valence-electron chi connectivity index (χ1n) is 11.6. The number of para-hydroxylation sites is 1. The number of nitrogens with two attached hydrogens (primary N) is 1. The lowest BCUT2D eigenvalue weighted by molar-refractivity contribution is -0.137. The van der Waals surface area contributed by atoms with Gasteiger partial charge in [-0.25, -0.2) is 0 Å². The zero-order valence-electron chi connectivity index (χ0n) is 20.5. The Morgan fingerprint density at radius 2 is 1.67 bits per heavy atom. The molecule has 0 aliphatic heterocycles. The minimum absolute atomic E-state index is 0.00167. The highest BCUT2D eigenvalue weighted by atomic mass is 19.4. The molecule has 0 aliphatic carbocycles. The molecule has 194 valence electrons. The van der Waals surface area contributed by atoms with E-state index in [1.807, 2.05) is 49.5 Å². The lowest BCUT2D eigenvalue weighted by Crippen LogP contribution is -2.16. The van der Waals surface area contributed by atoms with Crippen molar-refractivity contribution in [2.24, 2.45) is 10.9 Å². The molecule has 0 spiro atoms. The number of pyridine rings is 1. The van der Waals surface area contributed by atoms with Gasteiger partial charge in [0.1, 0.15) is 6.61 Å². The first-order chi connectivity index (χ1) is 17.3. The Labute approximate surface area is 209 Å². The molecule has 0 radical (unpaired) electrons. The van der Waals surface area contributed by atoms with Crippen LogP contribution in [-0.4, -0.2) is 37.1 Å². The maximum Gasteiger partial charge on any atom is 0.416 e. The third-order valence-electron chi connectivity index (χ3n) is 5.03. The number of oxime groups is 1. The fourth-order valence-corrected chi connectivity index (χ4v) is 3.19. The summed E-state index contributed by atoms with van der Waals surface area (Å²) >= 11 is 0. The number of rotatable bonds is 10. The smallest absolute Gasteiger partial charge is 0.394 e. The van der Waals surface area contributed by atoms with E-state index in [2.05, 4.69) is 5.16 Å². The zero-order chi connectivity index (χ0) is 26.4. The first-order valence-corrected chi connectivity index (χ1v) is 11.6. The van der Waals surface area contributed by atoms with Crippen LogP contribution in [-0.2, 0) is 15.8 Å². The van der Waals surface area contributed by atoms with Gasteiger partial charge in [0.2, 0.25) is 0 Å². The highest BCUT2D eigenvalue weighted by Gasteiger charge is 2.30. The van der Waals surface area contributed by atoms with E-state index in [-0.39, 0.29) is 12.2 Å². The number of unbranched alkanes of at least 4 members (excludes halogenated alkanes) is 1. The predicted molar refractivity (Wildman–Crippen MR) is 135 cm³/mol. The van der Waals surface area contributed by atoms with E-state index < -0.39 is 11.7 Å². The molecule has 0 saturated carbocycles. The number of halogens is 3. The summed E-state index contributed by atoms with van der Waals surface area (Å²) in [4.78, 5) is 16.6. The highest BCUT2D eigenvalue weighted by molar-refractivity contribution is 6.00. The number of aryl methyl sites for hydroxylation is 1. The second-order valence-electron chi connectivity index (χ2n) is 7.94. The average molecular weight is 504 g/mol. The summed E-state index contributed by atoms with van der Waals surface area (Å²) in [6, 6.07) is 17.9. The molecular weight excluding hydrogens is 471 g/mol. The summed E-state index contributed by atoms with van der Waals surface area (Å²) in [5.74, 6) is 0. The van der Waals surface area contributed by atoms with Crippen molar-refractivity contribution in [2.45, 2.75) is 32.4 Å². The molecule has 9 heteroatoms. The Balaban J connectivity index is 0.000000278. The van der Waals surface area contributed by atoms with Crippen LogP contribution in [0.2, 0.25) is 0 Å². The van der Waals surface area contributed by atoms with Crippen molar-refractivity contribution in [3.63, 3.8) is 0 Å². The number of methoxy groups -OCH3 is 1. The Hall–Kier alpha value is -3.43. The summed E-state index contributed by atoms with van der Waals surface area (Å²) in [6.45, 7) is 3.19. The van der Waals surface area contributed by atoms with Gasteiger partial charge in [-0.15, -0.1) is 0 Å². The van der Waals surface area contributed by atoms with Crippen molar-refractivity contribution in [3.8, 4) is 5.69 Å². The van der Waals surface area contributed by atoms with Crippen molar-refractivity contribution in [1.29, 1.82) is 0 Å². The second kappa shape index (κ2) is 14.9. The van der Waals surface area contributed by atoms with E-state index in [0.29, 0.717) is 30.8 Å². The molecule has 1 aromatic heterocycles. The third-order valence-corrected chi connectivity index (χ3v) is 5.03. The van der Waals surface area contributed by atoms with Crippen molar-refractivity contribution in [3.05, 3.63) is 100.0 Å². The van der Waals surface area contributed by atoms with Crippen molar-refractivity contribution < 1.29 is 22.7 Å². The van der Waals surface area contributed by atoms with E-state index in [1.165, 1.54) is 12.1 Å². The number of nitrogens with zero attached hydrogens (tertiary/aromatic N) is 2. The average Bonchev–Trinajstić information content (AvgIpc) is 2.87. The van der Waals surface area contributed by atoms with Crippen LogP contribution >= 0.6 is 0 Å². The highest BCUT2D eigenvalue weighted by Crippen LogP contribution is 2.29. The van der Waals surface area contributed by atoms with Crippen LogP contribution in [0.5, 0.6) is 0 Å². The SMILES string of the molecule is COCCCC/C(=N\OCCN)c1ccc(C(F)(F)F)cc1.Cc1ccc(=O)n(-c2ccccc2)c1.